The number of pyridine rings is 2. The van der Waals surface area contributed by atoms with Gasteiger partial charge in [-0.15, -0.1) is 0 Å². The normalized spacial score (nSPS) is 17.5. The van der Waals surface area contributed by atoms with Crippen molar-refractivity contribution < 1.29 is 4.79 Å². The Kier molecular flexibility index (Phi) is 7.05. The summed E-state index contributed by atoms with van der Waals surface area (Å²) < 4.78 is 0. The fourth-order valence-electron chi connectivity index (χ4n) is 4.39. The van der Waals surface area contributed by atoms with Gasteiger partial charge in [-0.25, -0.2) is 0 Å². The highest BCUT2D eigenvalue weighted by Gasteiger charge is 2.30. The summed E-state index contributed by atoms with van der Waals surface area (Å²) in [7, 11) is 0. The molecule has 0 aliphatic carbocycles. The van der Waals surface area contributed by atoms with Crippen LogP contribution in [0.3, 0.4) is 0 Å². The molecule has 0 spiro atoms. The van der Waals surface area contributed by atoms with Crippen LogP contribution in [0.5, 0.6) is 0 Å². The average molecular weight is 415 g/mol. The molecule has 3 aromatic rings. The second kappa shape index (κ2) is 10.3. The van der Waals surface area contributed by atoms with Crippen molar-refractivity contribution in [2.45, 2.75) is 26.3 Å². The van der Waals surface area contributed by atoms with Gasteiger partial charge in [-0.05, 0) is 42.2 Å². The first-order valence-corrected chi connectivity index (χ1v) is 11.1. The Morgan fingerprint density at radius 1 is 1.00 bits per heavy atom. The lowest BCUT2D eigenvalue weighted by molar-refractivity contribution is -0.134. The first-order chi connectivity index (χ1) is 15.2. The summed E-state index contributed by atoms with van der Waals surface area (Å²) in [4.78, 5) is 26.7. The second-order valence-electron chi connectivity index (χ2n) is 8.18. The molecule has 1 atom stereocenters. The number of hydrogen-bond donors (Lipinski definition) is 0. The molecule has 160 valence electrons. The third-order valence-electron chi connectivity index (χ3n) is 5.89. The molecule has 31 heavy (non-hydrogen) atoms. The van der Waals surface area contributed by atoms with E-state index < -0.39 is 0 Å². The van der Waals surface area contributed by atoms with Crippen molar-refractivity contribution in [2.24, 2.45) is 5.92 Å². The summed E-state index contributed by atoms with van der Waals surface area (Å²) in [5, 5.41) is 0. The average Bonchev–Trinajstić information content (AvgIpc) is 2.95. The van der Waals surface area contributed by atoms with E-state index in [4.69, 9.17) is 0 Å². The molecule has 0 N–H and O–H groups in total. The molecule has 5 nitrogen and oxygen atoms in total. The quantitative estimate of drug-likeness (QED) is 0.585. The summed E-state index contributed by atoms with van der Waals surface area (Å²) in [5.74, 6) is 0.196. The molecule has 0 bridgehead atoms. The molecule has 1 aliphatic heterocycles. The standard InChI is InChI=1S/C26H30N4O/c1-2-14-30-16-15-29(20-24-10-5-6-13-28-24)19-23(26(30)31)17-21-8-3-4-11-25(21)22-9-7-12-27-18-22/h3-13,18,23H,2,14-17,19-20H2,1H3. The fraction of sp³-hybridized carbons (Fsp3) is 0.346. The largest absolute Gasteiger partial charge is 0.341 e. The van der Waals surface area contributed by atoms with Gasteiger partial charge >= 0.3 is 0 Å². The molecule has 1 amide bonds. The number of benzene rings is 1. The third-order valence-corrected chi connectivity index (χ3v) is 5.89. The lowest BCUT2D eigenvalue weighted by atomic mass is 9.91. The second-order valence-corrected chi connectivity index (χ2v) is 8.18. The number of carbonyl (C=O) groups is 1. The molecule has 2 aromatic heterocycles. The molecule has 1 saturated heterocycles. The zero-order valence-electron chi connectivity index (χ0n) is 18.2. The zero-order chi connectivity index (χ0) is 21.5. The van der Waals surface area contributed by atoms with Crippen LogP contribution >= 0.6 is 0 Å². The topological polar surface area (TPSA) is 49.3 Å². The number of carbonyl (C=O) groups excluding carboxylic acids is 1. The summed E-state index contributed by atoms with van der Waals surface area (Å²) in [6.07, 6.45) is 7.22. The highest BCUT2D eigenvalue weighted by atomic mass is 16.2. The minimum absolute atomic E-state index is 0.0735. The van der Waals surface area contributed by atoms with Crippen LogP contribution in [0, 0.1) is 5.92 Å². The molecular weight excluding hydrogens is 384 g/mol. The minimum Gasteiger partial charge on any atom is -0.341 e. The monoisotopic (exact) mass is 414 g/mol. The van der Waals surface area contributed by atoms with Gasteiger partial charge < -0.3 is 4.90 Å². The van der Waals surface area contributed by atoms with Gasteiger partial charge in [0.25, 0.3) is 0 Å². The van der Waals surface area contributed by atoms with E-state index in [1.54, 1.807) is 6.20 Å². The van der Waals surface area contributed by atoms with Gasteiger partial charge in [0.05, 0.1) is 11.6 Å². The first-order valence-electron chi connectivity index (χ1n) is 11.1. The Hall–Kier alpha value is -3.05. The Morgan fingerprint density at radius 3 is 2.65 bits per heavy atom. The van der Waals surface area contributed by atoms with E-state index in [0.29, 0.717) is 0 Å². The summed E-state index contributed by atoms with van der Waals surface area (Å²) >= 11 is 0. The minimum atomic E-state index is -0.0735. The number of rotatable bonds is 7. The Labute approximate surface area is 184 Å². The van der Waals surface area contributed by atoms with Crippen LogP contribution in [-0.2, 0) is 17.8 Å². The van der Waals surface area contributed by atoms with Gasteiger partial charge in [0, 0.05) is 56.9 Å². The summed E-state index contributed by atoms with van der Waals surface area (Å²) in [5.41, 5.74) is 4.50. The van der Waals surface area contributed by atoms with E-state index in [-0.39, 0.29) is 11.8 Å². The maximum atomic E-state index is 13.5. The van der Waals surface area contributed by atoms with Gasteiger partial charge in [0.1, 0.15) is 0 Å². The van der Waals surface area contributed by atoms with Gasteiger partial charge in [0.2, 0.25) is 5.91 Å². The molecule has 1 aromatic carbocycles. The van der Waals surface area contributed by atoms with Gasteiger partial charge in [-0.1, -0.05) is 43.3 Å². The molecule has 1 aliphatic rings. The first kappa shape index (κ1) is 21.2. The highest BCUT2D eigenvalue weighted by molar-refractivity contribution is 5.80. The van der Waals surface area contributed by atoms with Crippen molar-refractivity contribution in [1.82, 2.24) is 19.8 Å². The molecule has 3 heterocycles. The number of nitrogens with zero attached hydrogens (tertiary/aromatic N) is 4. The van der Waals surface area contributed by atoms with Crippen LogP contribution in [0.1, 0.15) is 24.6 Å². The van der Waals surface area contributed by atoms with Gasteiger partial charge in [-0.2, -0.15) is 0 Å². The third kappa shape index (κ3) is 5.36. The molecular formula is C26H30N4O. The van der Waals surface area contributed by atoms with Crippen molar-refractivity contribution in [2.75, 3.05) is 26.2 Å². The van der Waals surface area contributed by atoms with Gasteiger partial charge in [0.15, 0.2) is 0 Å². The highest BCUT2D eigenvalue weighted by Crippen LogP contribution is 2.27. The number of amides is 1. The van der Waals surface area contributed by atoms with Crippen molar-refractivity contribution in [3.8, 4) is 11.1 Å². The van der Waals surface area contributed by atoms with Crippen LogP contribution in [0.25, 0.3) is 11.1 Å². The van der Waals surface area contributed by atoms with Crippen LogP contribution in [0.2, 0.25) is 0 Å². The predicted molar refractivity (Wildman–Crippen MR) is 123 cm³/mol. The van der Waals surface area contributed by atoms with E-state index in [1.165, 1.54) is 5.56 Å². The fourth-order valence-corrected chi connectivity index (χ4v) is 4.39. The van der Waals surface area contributed by atoms with E-state index in [1.807, 2.05) is 30.6 Å². The Balaban J connectivity index is 1.59. The SMILES string of the molecule is CCCN1CCN(Cc2ccccn2)CC(Cc2ccccc2-c2cccnc2)C1=O. The molecule has 1 fully saturated rings. The number of hydrogen-bond acceptors (Lipinski definition) is 4. The van der Waals surface area contributed by atoms with Crippen molar-refractivity contribution in [1.29, 1.82) is 0 Å². The predicted octanol–water partition coefficient (Wildman–Crippen LogP) is 4.06. The number of aromatic nitrogens is 2. The Morgan fingerprint density at radius 2 is 1.87 bits per heavy atom. The Bertz CT molecular complexity index is 977. The molecule has 1 unspecified atom stereocenters. The zero-order valence-corrected chi connectivity index (χ0v) is 18.2. The maximum absolute atomic E-state index is 13.5. The lowest BCUT2D eigenvalue weighted by Gasteiger charge is -2.24. The van der Waals surface area contributed by atoms with Crippen molar-refractivity contribution >= 4 is 5.91 Å². The summed E-state index contributed by atoms with van der Waals surface area (Å²) in [6.45, 7) is 6.13. The van der Waals surface area contributed by atoms with Crippen molar-refractivity contribution in [3.63, 3.8) is 0 Å². The van der Waals surface area contributed by atoms with Crippen LogP contribution in [0.4, 0.5) is 0 Å². The van der Waals surface area contributed by atoms with E-state index in [0.717, 1.165) is 62.4 Å². The summed E-state index contributed by atoms with van der Waals surface area (Å²) in [6, 6.07) is 18.5. The van der Waals surface area contributed by atoms with Gasteiger partial charge in [-0.3, -0.25) is 19.7 Å². The lowest BCUT2D eigenvalue weighted by Crippen LogP contribution is -2.37. The van der Waals surface area contributed by atoms with Crippen molar-refractivity contribution in [3.05, 3.63) is 84.4 Å². The molecule has 0 radical (unpaired) electrons. The molecule has 5 heteroatoms. The van der Waals surface area contributed by atoms with Crippen LogP contribution in [-0.4, -0.2) is 51.9 Å². The molecule has 4 rings (SSSR count). The maximum Gasteiger partial charge on any atom is 0.227 e. The van der Waals surface area contributed by atoms with Crippen LogP contribution < -0.4 is 0 Å². The van der Waals surface area contributed by atoms with E-state index >= 15 is 0 Å². The smallest absolute Gasteiger partial charge is 0.227 e. The van der Waals surface area contributed by atoms with Crippen LogP contribution in [0.15, 0.2) is 73.2 Å². The van der Waals surface area contributed by atoms with E-state index in [9.17, 15) is 4.79 Å². The van der Waals surface area contributed by atoms with E-state index in [2.05, 4.69) is 63.1 Å². The molecule has 0 saturated carbocycles.